The van der Waals surface area contributed by atoms with Gasteiger partial charge in [-0.05, 0) is 31.6 Å². The molecule has 1 aromatic rings. The largest absolute Gasteiger partial charge is 0.490 e. The van der Waals surface area contributed by atoms with E-state index in [0.717, 1.165) is 25.9 Å². The van der Waals surface area contributed by atoms with Gasteiger partial charge in [-0.2, -0.15) is 0 Å². The summed E-state index contributed by atoms with van der Waals surface area (Å²) in [5.41, 5.74) is 0. The molecule has 0 saturated carbocycles. The third kappa shape index (κ3) is 4.59. The maximum absolute atomic E-state index is 12.2. The Balaban J connectivity index is 2.01. The zero-order chi connectivity index (χ0) is 15.1. The average Bonchev–Trinajstić information content (AvgIpc) is 2.71. The van der Waals surface area contributed by atoms with Gasteiger partial charge in [0.25, 0.3) is 0 Å². The highest BCUT2D eigenvalue weighted by molar-refractivity contribution is 7.89. The molecule has 118 valence electrons. The van der Waals surface area contributed by atoms with E-state index in [2.05, 4.69) is 10.0 Å². The second-order valence-corrected chi connectivity index (χ2v) is 6.53. The molecule has 7 heteroatoms. The molecule has 2 N–H and O–H groups in total. The van der Waals surface area contributed by atoms with E-state index in [9.17, 15) is 8.42 Å². The van der Waals surface area contributed by atoms with Crippen LogP contribution >= 0.6 is 0 Å². The topological polar surface area (TPSA) is 76.7 Å². The van der Waals surface area contributed by atoms with Gasteiger partial charge in [0.1, 0.15) is 0 Å². The van der Waals surface area contributed by atoms with Crippen molar-refractivity contribution >= 4 is 10.0 Å². The third-order valence-corrected chi connectivity index (χ3v) is 4.56. The predicted molar refractivity (Wildman–Crippen MR) is 80.4 cm³/mol. The molecule has 0 saturated heterocycles. The van der Waals surface area contributed by atoms with Gasteiger partial charge < -0.3 is 14.8 Å². The second kappa shape index (κ2) is 7.63. The Morgan fingerprint density at radius 1 is 1.14 bits per heavy atom. The number of rotatable bonds is 7. The summed E-state index contributed by atoms with van der Waals surface area (Å²) in [6.45, 7) is 5.22. The Hall–Kier alpha value is -1.31. The van der Waals surface area contributed by atoms with E-state index >= 15 is 0 Å². The molecule has 0 amide bonds. The van der Waals surface area contributed by atoms with Crippen molar-refractivity contribution < 1.29 is 17.9 Å². The first kappa shape index (κ1) is 16.1. The standard InChI is InChI=1S/C14H22N2O4S/c1-2-15-7-3-8-16-21(17,18)12-5-6-13-14(11-12)20-10-4-9-19-13/h5-6,11,15-16H,2-4,7-10H2,1H3. The Morgan fingerprint density at radius 3 is 2.67 bits per heavy atom. The van der Waals surface area contributed by atoms with Crippen LogP contribution in [-0.2, 0) is 10.0 Å². The van der Waals surface area contributed by atoms with Crippen LogP contribution in [0.3, 0.4) is 0 Å². The van der Waals surface area contributed by atoms with Gasteiger partial charge in [-0.15, -0.1) is 0 Å². The highest BCUT2D eigenvalue weighted by Gasteiger charge is 2.18. The first-order chi connectivity index (χ1) is 10.1. The fraction of sp³-hybridized carbons (Fsp3) is 0.571. The second-order valence-electron chi connectivity index (χ2n) is 4.76. The minimum absolute atomic E-state index is 0.204. The lowest BCUT2D eigenvalue weighted by atomic mass is 10.3. The zero-order valence-electron chi connectivity index (χ0n) is 12.2. The lowest BCUT2D eigenvalue weighted by molar-refractivity contribution is 0.297. The highest BCUT2D eigenvalue weighted by atomic mass is 32.2. The van der Waals surface area contributed by atoms with E-state index in [1.54, 1.807) is 12.1 Å². The summed E-state index contributed by atoms with van der Waals surface area (Å²) in [7, 11) is -3.51. The molecular formula is C14H22N2O4S. The monoisotopic (exact) mass is 314 g/mol. The molecular weight excluding hydrogens is 292 g/mol. The van der Waals surface area contributed by atoms with Gasteiger partial charge in [0.2, 0.25) is 10.0 Å². The minimum atomic E-state index is -3.51. The Morgan fingerprint density at radius 2 is 1.90 bits per heavy atom. The first-order valence-corrected chi connectivity index (χ1v) is 8.72. The summed E-state index contributed by atoms with van der Waals surface area (Å²) >= 11 is 0. The van der Waals surface area contributed by atoms with E-state index < -0.39 is 10.0 Å². The van der Waals surface area contributed by atoms with Crippen LogP contribution < -0.4 is 19.5 Å². The molecule has 0 spiro atoms. The lowest BCUT2D eigenvalue weighted by Crippen LogP contribution is -2.27. The number of fused-ring (bicyclic) bond motifs is 1. The minimum Gasteiger partial charge on any atom is -0.490 e. The fourth-order valence-corrected chi connectivity index (χ4v) is 3.08. The molecule has 1 aliphatic rings. The van der Waals surface area contributed by atoms with E-state index in [1.807, 2.05) is 6.92 Å². The Bertz CT molecular complexity index is 560. The number of sulfonamides is 1. The molecule has 0 aromatic heterocycles. The van der Waals surface area contributed by atoms with Crippen LogP contribution in [0.15, 0.2) is 23.1 Å². The normalized spacial score (nSPS) is 14.7. The summed E-state index contributed by atoms with van der Waals surface area (Å²) in [6.07, 6.45) is 1.54. The molecule has 0 radical (unpaired) electrons. The quantitative estimate of drug-likeness (QED) is 0.738. The number of nitrogens with one attached hydrogen (secondary N) is 2. The molecule has 0 aliphatic carbocycles. The van der Waals surface area contributed by atoms with E-state index in [0.29, 0.717) is 31.3 Å². The van der Waals surface area contributed by atoms with Gasteiger partial charge in [0.15, 0.2) is 11.5 Å². The van der Waals surface area contributed by atoms with Gasteiger partial charge in [0.05, 0.1) is 18.1 Å². The maximum Gasteiger partial charge on any atom is 0.240 e. The number of hydrogen-bond donors (Lipinski definition) is 2. The summed E-state index contributed by atoms with van der Waals surface area (Å²) in [5, 5.41) is 3.15. The molecule has 0 atom stereocenters. The molecule has 0 bridgehead atoms. The van der Waals surface area contributed by atoms with Crippen LogP contribution in [0.5, 0.6) is 11.5 Å². The SMILES string of the molecule is CCNCCCNS(=O)(=O)c1ccc2c(c1)OCCCO2. The average molecular weight is 314 g/mol. The van der Waals surface area contributed by atoms with Gasteiger partial charge in [-0.1, -0.05) is 6.92 Å². The van der Waals surface area contributed by atoms with Crippen molar-refractivity contribution in [1.29, 1.82) is 0 Å². The fourth-order valence-electron chi connectivity index (χ4n) is 1.99. The summed E-state index contributed by atoms with van der Waals surface area (Å²) < 4.78 is 38.0. The number of benzene rings is 1. The zero-order valence-corrected chi connectivity index (χ0v) is 13.0. The lowest BCUT2D eigenvalue weighted by Gasteiger charge is -2.11. The molecule has 2 rings (SSSR count). The first-order valence-electron chi connectivity index (χ1n) is 7.23. The molecule has 0 fully saturated rings. The smallest absolute Gasteiger partial charge is 0.240 e. The highest BCUT2D eigenvalue weighted by Crippen LogP contribution is 2.31. The molecule has 6 nitrogen and oxygen atoms in total. The van der Waals surface area contributed by atoms with Crippen LogP contribution in [-0.4, -0.2) is 41.3 Å². The summed E-state index contributed by atoms with van der Waals surface area (Å²) in [5.74, 6) is 1.08. The third-order valence-electron chi connectivity index (χ3n) is 3.10. The molecule has 1 aliphatic heterocycles. The van der Waals surface area contributed by atoms with E-state index in [-0.39, 0.29) is 4.90 Å². The van der Waals surface area contributed by atoms with E-state index in [4.69, 9.17) is 9.47 Å². The van der Waals surface area contributed by atoms with Crippen LogP contribution in [0.2, 0.25) is 0 Å². The molecule has 21 heavy (non-hydrogen) atoms. The Kier molecular flexibility index (Phi) is 5.84. The van der Waals surface area contributed by atoms with Crippen LogP contribution in [0, 0.1) is 0 Å². The number of ether oxygens (including phenoxy) is 2. The molecule has 1 heterocycles. The Labute approximate surface area is 125 Å². The van der Waals surface area contributed by atoms with Crippen molar-refractivity contribution in [3.8, 4) is 11.5 Å². The van der Waals surface area contributed by atoms with Gasteiger partial charge >= 0.3 is 0 Å². The van der Waals surface area contributed by atoms with Crippen LogP contribution in [0.1, 0.15) is 19.8 Å². The van der Waals surface area contributed by atoms with Crippen LogP contribution in [0.4, 0.5) is 0 Å². The molecule has 1 aromatic carbocycles. The van der Waals surface area contributed by atoms with Crippen molar-refractivity contribution in [3.63, 3.8) is 0 Å². The summed E-state index contributed by atoms with van der Waals surface area (Å²) in [4.78, 5) is 0.204. The number of hydrogen-bond acceptors (Lipinski definition) is 5. The van der Waals surface area contributed by atoms with Crippen molar-refractivity contribution in [3.05, 3.63) is 18.2 Å². The van der Waals surface area contributed by atoms with E-state index in [1.165, 1.54) is 6.07 Å². The van der Waals surface area contributed by atoms with Gasteiger partial charge in [-0.3, -0.25) is 0 Å². The maximum atomic E-state index is 12.2. The van der Waals surface area contributed by atoms with Crippen LogP contribution in [0.25, 0.3) is 0 Å². The van der Waals surface area contributed by atoms with Crippen molar-refractivity contribution in [2.45, 2.75) is 24.7 Å². The van der Waals surface area contributed by atoms with Crippen molar-refractivity contribution in [2.75, 3.05) is 32.8 Å². The summed E-state index contributed by atoms with van der Waals surface area (Å²) in [6, 6.07) is 4.71. The van der Waals surface area contributed by atoms with Crippen molar-refractivity contribution in [2.24, 2.45) is 0 Å². The van der Waals surface area contributed by atoms with Crippen molar-refractivity contribution in [1.82, 2.24) is 10.0 Å². The predicted octanol–water partition coefficient (Wildman–Crippen LogP) is 1.13. The molecule has 0 unspecified atom stereocenters. The van der Waals surface area contributed by atoms with Gasteiger partial charge in [0, 0.05) is 19.0 Å². The van der Waals surface area contributed by atoms with Gasteiger partial charge in [-0.25, -0.2) is 13.1 Å².